The van der Waals surface area contributed by atoms with E-state index in [4.69, 9.17) is 0 Å². The number of hydrogen-bond donors (Lipinski definition) is 1. The van der Waals surface area contributed by atoms with Gasteiger partial charge < -0.3 is 4.89 Å². The third-order valence-electron chi connectivity index (χ3n) is 1.82. The van der Waals surface area contributed by atoms with E-state index in [1.807, 2.05) is 12.7 Å². The van der Waals surface area contributed by atoms with Crippen LogP contribution in [0.25, 0.3) is 0 Å². The molecule has 0 bridgehead atoms. The lowest BCUT2D eigenvalue weighted by Gasteiger charge is -2.08. The Kier molecular flexibility index (Phi) is 1.58. The fourth-order valence-corrected chi connectivity index (χ4v) is 2.74. The molecule has 0 aliphatic heterocycles. The average Bonchev–Trinajstić information content (AvgIpc) is 2.39. The van der Waals surface area contributed by atoms with Gasteiger partial charge in [-0.1, -0.05) is 12.4 Å². The van der Waals surface area contributed by atoms with Gasteiger partial charge in [0.2, 0.25) is 0 Å². The molecule has 1 aliphatic carbocycles. The molecule has 1 rings (SSSR count). The molecule has 3 atom stereocenters. The van der Waals surface area contributed by atoms with E-state index in [0.29, 0.717) is 11.6 Å². The lowest BCUT2D eigenvalue weighted by atomic mass is 10.4. The average molecular weight is 144 g/mol. The first kappa shape index (κ1) is 7.11. The summed E-state index contributed by atoms with van der Waals surface area (Å²) in [4.78, 5) is 9.41. The molecule has 1 fully saturated rings. The maximum absolute atomic E-state index is 9.41. The number of rotatable bonds is 2. The fraction of sp³-hybridized carbons (Fsp3) is 0.571. The van der Waals surface area contributed by atoms with Crippen LogP contribution in [0.2, 0.25) is 0 Å². The minimum absolute atomic E-state index is 0.468. The summed E-state index contributed by atoms with van der Waals surface area (Å²) in [7, 11) is -1.77. The minimum atomic E-state index is -1.77. The lowest BCUT2D eigenvalue weighted by Crippen LogP contribution is -1.86. The summed E-state index contributed by atoms with van der Waals surface area (Å²) in [5.74, 6) is 0.561. The van der Waals surface area contributed by atoms with Crippen LogP contribution in [0.4, 0.5) is 0 Å². The van der Waals surface area contributed by atoms with Crippen LogP contribution in [0, 0.1) is 5.92 Å². The van der Waals surface area contributed by atoms with E-state index in [1.165, 1.54) is 0 Å². The fourth-order valence-electron chi connectivity index (χ4n) is 1.09. The van der Waals surface area contributed by atoms with Crippen molar-refractivity contribution in [2.24, 2.45) is 5.92 Å². The SMILES string of the molecule is C=C[C@@H]1C[C@@H]1P(=C)(C)O. The summed E-state index contributed by atoms with van der Waals surface area (Å²) in [5.41, 5.74) is 0.468. The van der Waals surface area contributed by atoms with Crippen molar-refractivity contribution in [1.29, 1.82) is 0 Å². The van der Waals surface area contributed by atoms with Crippen molar-refractivity contribution >= 4 is 13.4 Å². The Morgan fingerprint density at radius 2 is 2.33 bits per heavy atom. The van der Waals surface area contributed by atoms with Crippen LogP contribution < -0.4 is 0 Å². The second-order valence-electron chi connectivity index (χ2n) is 2.92. The highest BCUT2D eigenvalue weighted by molar-refractivity contribution is 7.68. The zero-order valence-electron chi connectivity index (χ0n) is 5.75. The van der Waals surface area contributed by atoms with E-state index in [2.05, 4.69) is 12.9 Å². The van der Waals surface area contributed by atoms with Crippen LogP contribution in [0.15, 0.2) is 12.7 Å². The molecule has 0 amide bonds. The highest BCUT2D eigenvalue weighted by Crippen LogP contribution is 2.58. The topological polar surface area (TPSA) is 20.2 Å². The molecule has 1 N–H and O–H groups in total. The van der Waals surface area contributed by atoms with E-state index in [1.54, 1.807) is 0 Å². The van der Waals surface area contributed by atoms with Gasteiger partial charge in [-0.2, -0.15) is 0 Å². The molecule has 0 spiro atoms. The second-order valence-corrected chi connectivity index (χ2v) is 6.01. The summed E-state index contributed by atoms with van der Waals surface area (Å²) in [6, 6.07) is 0. The van der Waals surface area contributed by atoms with Gasteiger partial charge in [0.25, 0.3) is 0 Å². The predicted octanol–water partition coefficient (Wildman–Crippen LogP) is 1.55. The molecule has 0 heterocycles. The van der Waals surface area contributed by atoms with Gasteiger partial charge in [-0.05, 0) is 26.1 Å². The number of allylic oxidation sites excluding steroid dienone is 1. The Balaban J connectivity index is 2.52. The molecule has 9 heavy (non-hydrogen) atoms. The smallest absolute Gasteiger partial charge is 0.00731 e. The quantitative estimate of drug-likeness (QED) is 0.460. The largest absolute Gasteiger partial charge is 0.377 e. The van der Waals surface area contributed by atoms with Crippen molar-refractivity contribution < 1.29 is 4.89 Å². The molecule has 52 valence electrons. The van der Waals surface area contributed by atoms with Crippen molar-refractivity contribution in [1.82, 2.24) is 0 Å². The van der Waals surface area contributed by atoms with E-state index in [0.717, 1.165) is 6.42 Å². The summed E-state index contributed by atoms with van der Waals surface area (Å²) in [6.07, 6.45) is 6.78. The van der Waals surface area contributed by atoms with Gasteiger partial charge >= 0.3 is 0 Å². The van der Waals surface area contributed by atoms with E-state index >= 15 is 0 Å². The van der Waals surface area contributed by atoms with Gasteiger partial charge in [-0.3, -0.25) is 0 Å². The second kappa shape index (κ2) is 2.00. The Morgan fingerprint density at radius 3 is 2.44 bits per heavy atom. The molecule has 0 aromatic heterocycles. The van der Waals surface area contributed by atoms with E-state index in [9.17, 15) is 4.89 Å². The molecular weight excluding hydrogens is 131 g/mol. The summed E-state index contributed by atoms with van der Waals surface area (Å²) in [6.45, 7) is 5.53. The molecule has 0 aromatic rings. The highest BCUT2D eigenvalue weighted by atomic mass is 31.2. The third-order valence-corrected chi connectivity index (χ3v) is 3.84. The summed E-state index contributed by atoms with van der Waals surface area (Å²) < 4.78 is 0. The highest BCUT2D eigenvalue weighted by Gasteiger charge is 2.40. The van der Waals surface area contributed by atoms with Gasteiger partial charge in [0.05, 0.1) is 0 Å². The van der Waals surface area contributed by atoms with Gasteiger partial charge in [-0.15, -0.1) is 6.58 Å². The Labute approximate surface area is 56.5 Å². The van der Waals surface area contributed by atoms with Crippen LogP contribution in [0.5, 0.6) is 0 Å². The molecule has 1 saturated carbocycles. The lowest BCUT2D eigenvalue weighted by molar-refractivity contribution is 0.623. The van der Waals surface area contributed by atoms with Gasteiger partial charge in [0, 0.05) is 5.66 Å². The van der Waals surface area contributed by atoms with E-state index in [-0.39, 0.29) is 0 Å². The van der Waals surface area contributed by atoms with Crippen molar-refractivity contribution in [2.45, 2.75) is 12.1 Å². The maximum Gasteiger partial charge on any atom is 0.00731 e. The van der Waals surface area contributed by atoms with Crippen molar-refractivity contribution in [2.75, 3.05) is 6.66 Å². The Hall–Kier alpha value is -0.0000000000000000208. The van der Waals surface area contributed by atoms with Crippen LogP contribution in [-0.4, -0.2) is 23.5 Å². The van der Waals surface area contributed by atoms with Gasteiger partial charge in [0.15, 0.2) is 0 Å². The first-order valence-electron chi connectivity index (χ1n) is 3.11. The van der Waals surface area contributed by atoms with Crippen molar-refractivity contribution in [3.63, 3.8) is 0 Å². The van der Waals surface area contributed by atoms with Crippen LogP contribution in [0.1, 0.15) is 6.42 Å². The third kappa shape index (κ3) is 1.47. The molecule has 1 nitrogen and oxygen atoms in total. The molecule has 0 radical (unpaired) electrons. The molecule has 1 unspecified atom stereocenters. The maximum atomic E-state index is 9.41. The first-order valence-corrected chi connectivity index (χ1v) is 5.56. The first-order chi connectivity index (χ1) is 4.05. The van der Waals surface area contributed by atoms with Gasteiger partial charge in [0.1, 0.15) is 0 Å². The summed E-state index contributed by atoms with van der Waals surface area (Å²) in [5, 5.41) is 0. The Bertz CT molecular complexity index is 168. The minimum Gasteiger partial charge on any atom is -0.377 e. The van der Waals surface area contributed by atoms with Crippen LogP contribution >= 0.6 is 7.11 Å². The molecular formula is C7H13OP. The van der Waals surface area contributed by atoms with E-state index < -0.39 is 7.11 Å². The standard InChI is InChI=1S/C7H13OP/c1-4-6-5-7(6)9(2,3)8/h4,6-8H,1-2,5H2,3H3/t6-,7+,9?/m1/s1. The Morgan fingerprint density at radius 1 is 1.78 bits per heavy atom. The van der Waals surface area contributed by atoms with Crippen LogP contribution in [-0.2, 0) is 0 Å². The van der Waals surface area contributed by atoms with Crippen molar-refractivity contribution in [3.8, 4) is 0 Å². The monoisotopic (exact) mass is 144 g/mol. The van der Waals surface area contributed by atoms with Crippen molar-refractivity contribution in [3.05, 3.63) is 12.7 Å². The molecule has 0 saturated heterocycles. The zero-order chi connectivity index (χ0) is 7.07. The zero-order valence-corrected chi connectivity index (χ0v) is 6.64. The predicted molar refractivity (Wildman–Crippen MR) is 44.3 cm³/mol. The van der Waals surface area contributed by atoms with Crippen LogP contribution in [0.3, 0.4) is 0 Å². The van der Waals surface area contributed by atoms with Gasteiger partial charge in [-0.25, -0.2) is 0 Å². The molecule has 1 aliphatic rings. The summed E-state index contributed by atoms with van der Waals surface area (Å²) >= 11 is 0. The number of hydrogen-bond acceptors (Lipinski definition) is 1. The molecule has 0 aromatic carbocycles. The normalized spacial score (nSPS) is 39.3. The molecule has 2 heteroatoms.